The molecule has 144 valence electrons. The number of imidazole rings is 1. The topological polar surface area (TPSA) is 64.9 Å². The lowest BCUT2D eigenvalue weighted by molar-refractivity contribution is 0.483. The molecule has 0 aliphatic carbocycles. The van der Waals surface area contributed by atoms with Gasteiger partial charge in [0.1, 0.15) is 28.5 Å². The summed E-state index contributed by atoms with van der Waals surface area (Å²) >= 11 is 11.5. The van der Waals surface area contributed by atoms with Crippen LogP contribution in [0.25, 0.3) is 21.3 Å². The van der Waals surface area contributed by atoms with Gasteiger partial charge in [-0.1, -0.05) is 11.6 Å². The van der Waals surface area contributed by atoms with Crippen LogP contribution in [0.1, 0.15) is 0 Å². The molecule has 0 fully saturated rings. The molecule has 9 heteroatoms. The van der Waals surface area contributed by atoms with Crippen LogP contribution in [-0.4, -0.2) is 19.5 Å². The summed E-state index contributed by atoms with van der Waals surface area (Å²) < 4.78 is 8.93. The zero-order chi connectivity index (χ0) is 20.0. The van der Waals surface area contributed by atoms with Crippen molar-refractivity contribution in [2.24, 2.45) is 7.05 Å². The molecule has 0 aliphatic heterocycles. The van der Waals surface area contributed by atoms with Gasteiger partial charge in [-0.2, -0.15) is 0 Å². The minimum Gasteiger partial charge on any atom is -0.456 e. The summed E-state index contributed by atoms with van der Waals surface area (Å²) in [6.45, 7) is 0. The molecular formula is C20H13BrClN5OS. The van der Waals surface area contributed by atoms with Gasteiger partial charge in [0.2, 0.25) is 0 Å². The van der Waals surface area contributed by atoms with Gasteiger partial charge >= 0.3 is 0 Å². The van der Waals surface area contributed by atoms with E-state index in [1.807, 2.05) is 54.1 Å². The molecule has 29 heavy (non-hydrogen) atoms. The molecule has 5 rings (SSSR count). The van der Waals surface area contributed by atoms with E-state index in [0.717, 1.165) is 36.5 Å². The average Bonchev–Trinajstić information content (AvgIpc) is 3.26. The van der Waals surface area contributed by atoms with Crippen molar-refractivity contribution in [1.82, 2.24) is 19.5 Å². The van der Waals surface area contributed by atoms with Crippen molar-refractivity contribution in [3.63, 3.8) is 0 Å². The van der Waals surface area contributed by atoms with Gasteiger partial charge in [0.25, 0.3) is 0 Å². The largest absolute Gasteiger partial charge is 0.456 e. The molecule has 0 unspecified atom stereocenters. The van der Waals surface area contributed by atoms with E-state index in [1.54, 1.807) is 24.0 Å². The second kappa shape index (κ2) is 7.29. The fourth-order valence-electron chi connectivity index (χ4n) is 3.03. The molecule has 0 aliphatic rings. The fourth-order valence-corrected chi connectivity index (χ4v) is 4.67. The smallest absolute Gasteiger partial charge is 0.146 e. The first-order chi connectivity index (χ1) is 14.1. The first kappa shape index (κ1) is 18.4. The third-order valence-electron chi connectivity index (χ3n) is 4.42. The predicted octanol–water partition coefficient (Wildman–Crippen LogP) is 6.53. The van der Waals surface area contributed by atoms with Crippen LogP contribution in [0.3, 0.4) is 0 Å². The van der Waals surface area contributed by atoms with Crippen molar-refractivity contribution in [2.75, 3.05) is 5.32 Å². The maximum absolute atomic E-state index is 6.47. The Hall–Kier alpha value is -2.68. The van der Waals surface area contributed by atoms with Gasteiger partial charge in [-0.15, -0.1) is 11.3 Å². The summed E-state index contributed by atoms with van der Waals surface area (Å²) in [5, 5.41) is 4.74. The van der Waals surface area contributed by atoms with E-state index >= 15 is 0 Å². The number of halogens is 2. The maximum atomic E-state index is 6.47. The van der Waals surface area contributed by atoms with Crippen molar-refractivity contribution in [2.45, 2.75) is 0 Å². The summed E-state index contributed by atoms with van der Waals surface area (Å²) in [5.74, 6) is 1.97. The molecule has 0 atom stereocenters. The van der Waals surface area contributed by atoms with E-state index in [-0.39, 0.29) is 0 Å². The monoisotopic (exact) mass is 485 g/mol. The lowest BCUT2D eigenvalue weighted by Gasteiger charge is -2.11. The van der Waals surface area contributed by atoms with Crippen LogP contribution >= 0.6 is 38.9 Å². The Labute approximate surface area is 183 Å². The van der Waals surface area contributed by atoms with Gasteiger partial charge in [0.05, 0.1) is 31.6 Å². The van der Waals surface area contributed by atoms with Crippen LogP contribution in [-0.2, 0) is 7.05 Å². The molecule has 0 bridgehead atoms. The van der Waals surface area contributed by atoms with Crippen molar-refractivity contribution < 1.29 is 4.74 Å². The third-order valence-corrected chi connectivity index (χ3v) is 6.26. The molecule has 3 heterocycles. The van der Waals surface area contributed by atoms with Crippen LogP contribution in [0.2, 0.25) is 5.02 Å². The van der Waals surface area contributed by atoms with Gasteiger partial charge in [-0.05, 0) is 52.3 Å². The lowest BCUT2D eigenvalue weighted by atomic mass is 10.2. The number of thiophene rings is 1. The van der Waals surface area contributed by atoms with Crippen molar-refractivity contribution in [3.8, 4) is 11.5 Å². The van der Waals surface area contributed by atoms with Gasteiger partial charge in [-0.25, -0.2) is 15.0 Å². The van der Waals surface area contributed by atoms with Gasteiger partial charge in [-0.3, -0.25) is 0 Å². The van der Waals surface area contributed by atoms with Gasteiger partial charge in [0, 0.05) is 18.8 Å². The molecule has 0 saturated carbocycles. The van der Waals surface area contributed by atoms with Crippen molar-refractivity contribution >= 4 is 71.6 Å². The second-order valence-corrected chi connectivity index (χ2v) is 9.19. The third kappa shape index (κ3) is 3.55. The zero-order valence-corrected chi connectivity index (χ0v) is 18.2. The number of fused-ring (bicyclic) bond motifs is 2. The van der Waals surface area contributed by atoms with Gasteiger partial charge < -0.3 is 14.6 Å². The number of aromatic nitrogens is 4. The van der Waals surface area contributed by atoms with E-state index in [9.17, 15) is 0 Å². The number of aryl methyl sites for hydroxylation is 1. The fraction of sp³-hybridized carbons (Fsp3) is 0.0500. The molecule has 3 aromatic heterocycles. The molecule has 0 spiro atoms. The molecule has 5 aromatic rings. The molecule has 1 N–H and O–H groups in total. The van der Waals surface area contributed by atoms with E-state index in [0.29, 0.717) is 16.5 Å². The quantitative estimate of drug-likeness (QED) is 0.313. The van der Waals surface area contributed by atoms with Crippen molar-refractivity contribution in [3.05, 3.63) is 63.9 Å². The number of hydrogen-bond acceptors (Lipinski definition) is 6. The van der Waals surface area contributed by atoms with Crippen LogP contribution in [0.5, 0.6) is 11.5 Å². The predicted molar refractivity (Wildman–Crippen MR) is 121 cm³/mol. The van der Waals surface area contributed by atoms with Gasteiger partial charge in [0.15, 0.2) is 0 Å². The van der Waals surface area contributed by atoms with Crippen LogP contribution in [0, 0.1) is 0 Å². The maximum Gasteiger partial charge on any atom is 0.146 e. The molecule has 6 nitrogen and oxygen atoms in total. The average molecular weight is 487 g/mol. The SMILES string of the molecule is Cn1cnc2cc(Oc3ccc(Nc4ncnc5sc(Br)cc45)cc3Cl)ccc21. The highest BCUT2D eigenvalue weighted by atomic mass is 79.9. The molecule has 0 radical (unpaired) electrons. The van der Waals surface area contributed by atoms with Crippen LogP contribution < -0.4 is 10.1 Å². The number of rotatable bonds is 4. The molecule has 0 saturated heterocycles. The second-order valence-electron chi connectivity index (χ2n) is 6.37. The van der Waals surface area contributed by atoms with E-state index in [2.05, 4.69) is 36.2 Å². The minimum atomic E-state index is 0.493. The number of anilines is 2. The number of ether oxygens (including phenoxy) is 1. The van der Waals surface area contributed by atoms with E-state index in [4.69, 9.17) is 16.3 Å². The lowest BCUT2D eigenvalue weighted by Crippen LogP contribution is -1.95. The Morgan fingerprint density at radius 1 is 1.10 bits per heavy atom. The minimum absolute atomic E-state index is 0.493. The molecule has 2 aromatic carbocycles. The number of benzene rings is 2. The Bertz CT molecular complexity index is 1370. The Morgan fingerprint density at radius 3 is 2.86 bits per heavy atom. The summed E-state index contributed by atoms with van der Waals surface area (Å²) in [6.07, 6.45) is 3.32. The standard InChI is InChI=1S/C20H13BrClN5OS/c1-27-10-25-15-7-12(3-4-16(15)27)28-17-5-2-11(6-14(17)22)26-19-13-8-18(21)29-20(13)24-9-23-19/h2-10H,1H3,(H,23,24,26). The number of nitrogens with one attached hydrogen (secondary N) is 1. The first-order valence-corrected chi connectivity index (χ1v) is 10.6. The number of nitrogens with zero attached hydrogens (tertiary/aromatic N) is 4. The summed E-state index contributed by atoms with van der Waals surface area (Å²) in [7, 11) is 1.96. The highest BCUT2D eigenvalue weighted by Crippen LogP contribution is 2.36. The van der Waals surface area contributed by atoms with E-state index < -0.39 is 0 Å². The molecular weight excluding hydrogens is 474 g/mol. The Morgan fingerprint density at radius 2 is 2.00 bits per heavy atom. The first-order valence-electron chi connectivity index (χ1n) is 8.62. The Kier molecular flexibility index (Phi) is 4.61. The normalized spacial score (nSPS) is 11.3. The van der Waals surface area contributed by atoms with E-state index in [1.165, 1.54) is 0 Å². The summed E-state index contributed by atoms with van der Waals surface area (Å²) in [4.78, 5) is 13.9. The highest BCUT2D eigenvalue weighted by molar-refractivity contribution is 9.11. The molecule has 0 amide bonds. The number of hydrogen-bond donors (Lipinski definition) is 1. The van der Waals surface area contributed by atoms with Crippen LogP contribution in [0.4, 0.5) is 11.5 Å². The zero-order valence-electron chi connectivity index (χ0n) is 15.1. The summed E-state index contributed by atoms with van der Waals surface area (Å²) in [6, 6.07) is 13.3. The summed E-state index contributed by atoms with van der Waals surface area (Å²) in [5.41, 5.74) is 2.72. The van der Waals surface area contributed by atoms with Crippen molar-refractivity contribution in [1.29, 1.82) is 0 Å². The Balaban J connectivity index is 1.40. The van der Waals surface area contributed by atoms with Crippen LogP contribution in [0.15, 0.2) is 58.9 Å². The highest BCUT2D eigenvalue weighted by Gasteiger charge is 2.10.